The Kier molecular flexibility index (Phi) is 4.83. The van der Waals surface area contributed by atoms with Crippen LogP contribution in [0.1, 0.15) is 5.56 Å². The number of amides is 1. The van der Waals surface area contributed by atoms with E-state index >= 15 is 0 Å². The van der Waals surface area contributed by atoms with E-state index in [0.29, 0.717) is 6.54 Å². The van der Waals surface area contributed by atoms with Crippen LogP contribution in [-0.2, 0) is 4.79 Å². The third-order valence-electron chi connectivity index (χ3n) is 4.05. The van der Waals surface area contributed by atoms with Crippen molar-refractivity contribution in [2.75, 3.05) is 42.9 Å². The molecule has 1 saturated heterocycles. The van der Waals surface area contributed by atoms with Crippen molar-refractivity contribution in [3.63, 3.8) is 0 Å². The monoisotopic (exact) mass is 312 g/mol. The zero-order valence-corrected chi connectivity index (χ0v) is 13.3. The van der Waals surface area contributed by atoms with Gasteiger partial charge in [0.25, 0.3) is 5.91 Å². The van der Waals surface area contributed by atoms with Gasteiger partial charge in [0.2, 0.25) is 5.95 Å². The normalized spacial score (nSPS) is 15.4. The molecule has 3 rings (SSSR count). The average molecular weight is 312 g/mol. The third-order valence-corrected chi connectivity index (χ3v) is 4.05. The SMILES string of the molecule is Cc1ccc(NC(=O)C[NH+]2CCN(c3ncccn3)CC2)cc1. The van der Waals surface area contributed by atoms with Gasteiger partial charge in [-0.2, -0.15) is 0 Å². The molecule has 1 aliphatic heterocycles. The van der Waals surface area contributed by atoms with Crippen LogP contribution in [0.2, 0.25) is 0 Å². The van der Waals surface area contributed by atoms with Gasteiger partial charge in [-0.05, 0) is 25.1 Å². The number of benzene rings is 1. The zero-order chi connectivity index (χ0) is 16.1. The Balaban J connectivity index is 1.47. The Morgan fingerprint density at radius 3 is 2.48 bits per heavy atom. The molecule has 1 amide bonds. The molecule has 2 heterocycles. The first-order valence-electron chi connectivity index (χ1n) is 7.93. The van der Waals surface area contributed by atoms with E-state index < -0.39 is 0 Å². The Morgan fingerprint density at radius 2 is 1.83 bits per heavy atom. The van der Waals surface area contributed by atoms with Crippen molar-refractivity contribution in [2.24, 2.45) is 0 Å². The number of aryl methyl sites for hydroxylation is 1. The first-order valence-corrected chi connectivity index (χ1v) is 7.93. The minimum atomic E-state index is 0.0632. The van der Waals surface area contributed by atoms with E-state index in [9.17, 15) is 4.79 Å². The number of rotatable bonds is 4. The van der Waals surface area contributed by atoms with E-state index in [2.05, 4.69) is 20.2 Å². The van der Waals surface area contributed by atoms with Gasteiger partial charge in [0.05, 0.1) is 26.2 Å². The summed E-state index contributed by atoms with van der Waals surface area (Å²) in [6, 6.07) is 9.70. The van der Waals surface area contributed by atoms with Gasteiger partial charge < -0.3 is 15.1 Å². The molecule has 0 saturated carbocycles. The average Bonchev–Trinajstić information content (AvgIpc) is 2.58. The number of hydrogen-bond acceptors (Lipinski definition) is 4. The minimum Gasteiger partial charge on any atom is -0.330 e. The predicted molar refractivity (Wildman–Crippen MR) is 89.6 cm³/mol. The molecule has 1 aromatic heterocycles. The lowest BCUT2D eigenvalue weighted by Gasteiger charge is -2.31. The number of carbonyl (C=O) groups excluding carboxylic acids is 1. The van der Waals surface area contributed by atoms with E-state index in [1.54, 1.807) is 12.4 Å². The fourth-order valence-electron chi connectivity index (χ4n) is 2.72. The van der Waals surface area contributed by atoms with Crippen molar-refractivity contribution in [1.82, 2.24) is 9.97 Å². The molecule has 0 unspecified atom stereocenters. The first-order chi connectivity index (χ1) is 11.2. The molecule has 6 heteroatoms. The summed E-state index contributed by atoms with van der Waals surface area (Å²) >= 11 is 0. The molecule has 2 aromatic rings. The third kappa shape index (κ3) is 4.26. The van der Waals surface area contributed by atoms with Gasteiger partial charge in [-0.1, -0.05) is 17.7 Å². The topological polar surface area (TPSA) is 62.6 Å². The van der Waals surface area contributed by atoms with Gasteiger partial charge in [-0.25, -0.2) is 9.97 Å². The van der Waals surface area contributed by atoms with Crippen LogP contribution >= 0.6 is 0 Å². The molecular weight excluding hydrogens is 290 g/mol. The van der Waals surface area contributed by atoms with E-state index in [4.69, 9.17) is 0 Å². The number of piperazine rings is 1. The second-order valence-corrected chi connectivity index (χ2v) is 5.88. The van der Waals surface area contributed by atoms with Crippen LogP contribution in [0.25, 0.3) is 0 Å². The number of anilines is 2. The predicted octanol–water partition coefficient (Wildman–Crippen LogP) is 0.129. The summed E-state index contributed by atoms with van der Waals surface area (Å²) in [7, 11) is 0. The van der Waals surface area contributed by atoms with Crippen molar-refractivity contribution in [1.29, 1.82) is 0 Å². The molecule has 0 radical (unpaired) electrons. The number of carbonyl (C=O) groups is 1. The molecule has 6 nitrogen and oxygen atoms in total. The lowest BCUT2D eigenvalue weighted by molar-refractivity contribution is -0.892. The lowest BCUT2D eigenvalue weighted by atomic mass is 10.2. The Bertz CT molecular complexity index is 636. The smallest absolute Gasteiger partial charge is 0.279 e. The van der Waals surface area contributed by atoms with Gasteiger partial charge in [0, 0.05) is 18.1 Å². The quantitative estimate of drug-likeness (QED) is 0.842. The molecule has 120 valence electrons. The Hall–Kier alpha value is -2.47. The van der Waals surface area contributed by atoms with Crippen molar-refractivity contribution in [2.45, 2.75) is 6.92 Å². The number of aromatic nitrogens is 2. The molecule has 23 heavy (non-hydrogen) atoms. The van der Waals surface area contributed by atoms with Crippen molar-refractivity contribution in [3.8, 4) is 0 Å². The second kappa shape index (κ2) is 7.19. The van der Waals surface area contributed by atoms with E-state index in [1.807, 2.05) is 37.3 Å². The Morgan fingerprint density at radius 1 is 1.17 bits per heavy atom. The molecule has 0 aliphatic carbocycles. The molecular formula is C17H22N5O+. The van der Waals surface area contributed by atoms with Crippen LogP contribution in [0.15, 0.2) is 42.7 Å². The molecule has 1 fully saturated rings. The fourth-order valence-corrected chi connectivity index (χ4v) is 2.72. The number of hydrogen-bond donors (Lipinski definition) is 2. The maximum atomic E-state index is 12.1. The Labute approximate surface area is 136 Å². The maximum absolute atomic E-state index is 12.1. The highest BCUT2D eigenvalue weighted by Crippen LogP contribution is 2.08. The van der Waals surface area contributed by atoms with Crippen LogP contribution in [0.3, 0.4) is 0 Å². The summed E-state index contributed by atoms with van der Waals surface area (Å²) in [5.74, 6) is 0.837. The highest BCUT2D eigenvalue weighted by Gasteiger charge is 2.23. The molecule has 0 spiro atoms. The minimum absolute atomic E-state index is 0.0632. The van der Waals surface area contributed by atoms with Crippen molar-refractivity contribution in [3.05, 3.63) is 48.3 Å². The standard InChI is InChI=1S/C17H21N5O/c1-14-3-5-15(6-4-14)20-16(23)13-21-9-11-22(12-10-21)17-18-7-2-8-19-17/h2-8H,9-13H2,1H3,(H,20,23)/p+1. The maximum Gasteiger partial charge on any atom is 0.279 e. The summed E-state index contributed by atoms with van der Waals surface area (Å²) in [6.07, 6.45) is 3.52. The van der Waals surface area contributed by atoms with Crippen molar-refractivity contribution >= 4 is 17.5 Å². The highest BCUT2D eigenvalue weighted by molar-refractivity contribution is 5.91. The second-order valence-electron chi connectivity index (χ2n) is 5.88. The summed E-state index contributed by atoms with van der Waals surface area (Å²) in [5, 5.41) is 2.96. The molecule has 1 aromatic carbocycles. The van der Waals surface area contributed by atoms with Gasteiger partial charge >= 0.3 is 0 Å². The molecule has 0 bridgehead atoms. The fraction of sp³-hybridized carbons (Fsp3) is 0.353. The van der Waals surface area contributed by atoms with E-state index in [1.165, 1.54) is 10.5 Å². The zero-order valence-electron chi connectivity index (χ0n) is 13.3. The lowest BCUT2D eigenvalue weighted by Crippen LogP contribution is -3.15. The summed E-state index contributed by atoms with van der Waals surface area (Å²) < 4.78 is 0. The molecule has 0 atom stereocenters. The van der Waals surface area contributed by atoms with E-state index in [-0.39, 0.29) is 5.91 Å². The highest BCUT2D eigenvalue weighted by atomic mass is 16.2. The molecule has 2 N–H and O–H groups in total. The van der Waals surface area contributed by atoms with Crippen LogP contribution in [0.4, 0.5) is 11.6 Å². The number of nitrogens with zero attached hydrogens (tertiary/aromatic N) is 3. The summed E-state index contributed by atoms with van der Waals surface area (Å²) in [5.41, 5.74) is 2.05. The number of nitrogens with one attached hydrogen (secondary N) is 2. The van der Waals surface area contributed by atoms with Gasteiger partial charge in [0.15, 0.2) is 6.54 Å². The molecule has 1 aliphatic rings. The van der Waals surface area contributed by atoms with Gasteiger partial charge in [-0.15, -0.1) is 0 Å². The summed E-state index contributed by atoms with van der Waals surface area (Å²) in [6.45, 7) is 6.11. The van der Waals surface area contributed by atoms with E-state index in [0.717, 1.165) is 37.8 Å². The van der Waals surface area contributed by atoms with Gasteiger partial charge in [-0.3, -0.25) is 4.79 Å². The van der Waals surface area contributed by atoms with Crippen LogP contribution < -0.4 is 15.1 Å². The van der Waals surface area contributed by atoms with Crippen LogP contribution in [0.5, 0.6) is 0 Å². The largest absolute Gasteiger partial charge is 0.330 e. The van der Waals surface area contributed by atoms with Crippen LogP contribution in [-0.4, -0.2) is 48.6 Å². The van der Waals surface area contributed by atoms with Crippen molar-refractivity contribution < 1.29 is 9.69 Å². The number of quaternary nitrogens is 1. The first kappa shape index (κ1) is 15.4. The van der Waals surface area contributed by atoms with Gasteiger partial charge in [0.1, 0.15) is 0 Å². The van der Waals surface area contributed by atoms with Crippen LogP contribution in [0, 0.1) is 6.92 Å². The summed E-state index contributed by atoms with van der Waals surface area (Å²) in [4.78, 5) is 24.2.